The fourth-order valence-electron chi connectivity index (χ4n) is 1.36. The Kier molecular flexibility index (Phi) is 2.91. The topological polar surface area (TPSA) is 95.2 Å². The summed E-state index contributed by atoms with van der Waals surface area (Å²) in [5.74, 6) is 0. The van der Waals surface area contributed by atoms with Gasteiger partial charge in [-0.05, 0) is 12.5 Å². The fraction of sp³-hybridized carbons (Fsp3) is 0.333. The lowest BCUT2D eigenvalue weighted by Gasteiger charge is -2.07. The van der Waals surface area contributed by atoms with E-state index in [2.05, 4.69) is 0 Å². The van der Waals surface area contributed by atoms with Crippen LogP contribution in [0.4, 0.5) is 17.1 Å². The highest BCUT2D eigenvalue weighted by Gasteiger charge is 2.16. The first-order valence-electron chi connectivity index (χ1n) is 4.39. The van der Waals surface area contributed by atoms with E-state index in [1.165, 1.54) is 12.1 Å². The summed E-state index contributed by atoms with van der Waals surface area (Å²) in [5, 5.41) is 10.7. The van der Waals surface area contributed by atoms with E-state index in [0.717, 1.165) is 6.42 Å². The van der Waals surface area contributed by atoms with Crippen LogP contribution >= 0.6 is 0 Å². The number of hydrogen-bond acceptors (Lipinski definition) is 4. The molecule has 5 heteroatoms. The molecule has 0 amide bonds. The molecule has 0 saturated carbocycles. The summed E-state index contributed by atoms with van der Waals surface area (Å²) in [6.45, 7) is 1.94. The van der Waals surface area contributed by atoms with Crippen LogP contribution < -0.4 is 11.5 Å². The van der Waals surface area contributed by atoms with Crippen LogP contribution in [0, 0.1) is 10.1 Å². The van der Waals surface area contributed by atoms with Crippen LogP contribution in [-0.2, 0) is 6.42 Å². The number of nitro groups is 1. The standard InChI is InChI=1S/C9H13N3O2/c1-2-3-6-8(12(13)14)5-4-7(10)9(6)11/h4-5H,2-3,10-11H2,1H3. The molecule has 0 heterocycles. The largest absolute Gasteiger partial charge is 0.397 e. The quantitative estimate of drug-likeness (QED) is 0.436. The van der Waals surface area contributed by atoms with Gasteiger partial charge in [-0.15, -0.1) is 0 Å². The third-order valence-electron chi connectivity index (χ3n) is 2.06. The van der Waals surface area contributed by atoms with Crippen molar-refractivity contribution in [1.29, 1.82) is 0 Å². The Morgan fingerprint density at radius 1 is 1.43 bits per heavy atom. The Hall–Kier alpha value is -1.78. The van der Waals surface area contributed by atoms with Crippen LogP contribution in [0.3, 0.4) is 0 Å². The van der Waals surface area contributed by atoms with Crippen LogP contribution in [0.25, 0.3) is 0 Å². The van der Waals surface area contributed by atoms with Gasteiger partial charge in [-0.2, -0.15) is 0 Å². The molecular weight excluding hydrogens is 182 g/mol. The van der Waals surface area contributed by atoms with Gasteiger partial charge in [0.2, 0.25) is 0 Å². The number of nitro benzene ring substituents is 1. The van der Waals surface area contributed by atoms with Gasteiger partial charge in [0.1, 0.15) is 0 Å². The van der Waals surface area contributed by atoms with Crippen molar-refractivity contribution in [3.63, 3.8) is 0 Å². The lowest BCUT2D eigenvalue weighted by atomic mass is 10.0. The third-order valence-corrected chi connectivity index (χ3v) is 2.06. The molecule has 14 heavy (non-hydrogen) atoms. The van der Waals surface area contributed by atoms with Gasteiger partial charge in [0.05, 0.1) is 21.9 Å². The maximum absolute atomic E-state index is 10.7. The monoisotopic (exact) mass is 195 g/mol. The van der Waals surface area contributed by atoms with E-state index < -0.39 is 4.92 Å². The van der Waals surface area contributed by atoms with Gasteiger partial charge >= 0.3 is 0 Å². The van der Waals surface area contributed by atoms with Gasteiger partial charge in [0.15, 0.2) is 0 Å². The molecule has 0 atom stereocenters. The molecule has 0 aliphatic heterocycles. The first kappa shape index (κ1) is 10.3. The average Bonchev–Trinajstić information content (AvgIpc) is 2.13. The van der Waals surface area contributed by atoms with E-state index >= 15 is 0 Å². The summed E-state index contributed by atoms with van der Waals surface area (Å²) in [4.78, 5) is 10.2. The Morgan fingerprint density at radius 2 is 2.07 bits per heavy atom. The molecule has 1 rings (SSSR count). The third kappa shape index (κ3) is 1.76. The molecule has 0 aromatic heterocycles. The Bertz CT molecular complexity index is 363. The van der Waals surface area contributed by atoms with Crippen LogP contribution in [0.15, 0.2) is 12.1 Å². The van der Waals surface area contributed by atoms with E-state index in [-0.39, 0.29) is 5.69 Å². The zero-order valence-electron chi connectivity index (χ0n) is 7.99. The van der Waals surface area contributed by atoms with Crippen LogP contribution in [-0.4, -0.2) is 4.92 Å². The summed E-state index contributed by atoms with van der Waals surface area (Å²) < 4.78 is 0. The number of benzene rings is 1. The van der Waals surface area contributed by atoms with Crippen molar-refractivity contribution in [2.24, 2.45) is 0 Å². The fourth-order valence-corrected chi connectivity index (χ4v) is 1.36. The van der Waals surface area contributed by atoms with Crippen molar-refractivity contribution < 1.29 is 4.92 Å². The van der Waals surface area contributed by atoms with Crippen LogP contribution in [0.1, 0.15) is 18.9 Å². The van der Waals surface area contributed by atoms with Crippen LogP contribution in [0.2, 0.25) is 0 Å². The molecule has 5 nitrogen and oxygen atoms in total. The van der Waals surface area contributed by atoms with E-state index in [4.69, 9.17) is 11.5 Å². The Balaban J connectivity index is 3.29. The summed E-state index contributed by atoms with van der Waals surface area (Å²) >= 11 is 0. The molecule has 0 aliphatic carbocycles. The van der Waals surface area contributed by atoms with E-state index in [0.29, 0.717) is 23.4 Å². The van der Waals surface area contributed by atoms with Gasteiger partial charge in [-0.25, -0.2) is 0 Å². The van der Waals surface area contributed by atoms with Crippen molar-refractivity contribution in [3.05, 3.63) is 27.8 Å². The first-order chi connectivity index (χ1) is 6.57. The summed E-state index contributed by atoms with van der Waals surface area (Å²) in [5.41, 5.74) is 12.6. The highest BCUT2D eigenvalue weighted by Crippen LogP contribution is 2.30. The number of rotatable bonds is 3. The molecule has 0 aliphatic rings. The second-order valence-electron chi connectivity index (χ2n) is 3.07. The maximum Gasteiger partial charge on any atom is 0.274 e. The van der Waals surface area contributed by atoms with Crippen molar-refractivity contribution in [2.75, 3.05) is 11.5 Å². The Morgan fingerprint density at radius 3 is 2.57 bits per heavy atom. The van der Waals surface area contributed by atoms with Gasteiger partial charge < -0.3 is 11.5 Å². The van der Waals surface area contributed by atoms with Crippen molar-refractivity contribution in [2.45, 2.75) is 19.8 Å². The number of hydrogen-bond donors (Lipinski definition) is 2. The lowest BCUT2D eigenvalue weighted by molar-refractivity contribution is -0.385. The molecular formula is C9H13N3O2. The minimum Gasteiger partial charge on any atom is -0.397 e. The number of anilines is 2. The highest BCUT2D eigenvalue weighted by atomic mass is 16.6. The average molecular weight is 195 g/mol. The lowest BCUT2D eigenvalue weighted by Crippen LogP contribution is -2.03. The summed E-state index contributed by atoms with van der Waals surface area (Å²) in [6, 6.07) is 2.86. The van der Waals surface area contributed by atoms with Gasteiger partial charge in [-0.3, -0.25) is 10.1 Å². The van der Waals surface area contributed by atoms with Crippen molar-refractivity contribution >= 4 is 17.1 Å². The van der Waals surface area contributed by atoms with E-state index in [1.54, 1.807) is 0 Å². The molecule has 0 spiro atoms. The van der Waals surface area contributed by atoms with Gasteiger partial charge in [-0.1, -0.05) is 13.3 Å². The van der Waals surface area contributed by atoms with E-state index in [9.17, 15) is 10.1 Å². The first-order valence-corrected chi connectivity index (χ1v) is 4.39. The summed E-state index contributed by atoms with van der Waals surface area (Å²) in [7, 11) is 0. The smallest absolute Gasteiger partial charge is 0.274 e. The summed E-state index contributed by atoms with van der Waals surface area (Å²) in [6.07, 6.45) is 1.38. The molecule has 0 unspecified atom stereocenters. The van der Waals surface area contributed by atoms with E-state index in [1.807, 2.05) is 6.92 Å². The molecule has 4 N–H and O–H groups in total. The molecule has 0 bridgehead atoms. The normalized spacial score (nSPS) is 10.1. The number of nitrogens with zero attached hydrogens (tertiary/aromatic N) is 1. The predicted octanol–water partition coefficient (Wildman–Crippen LogP) is 1.71. The molecule has 1 aromatic carbocycles. The predicted molar refractivity (Wildman–Crippen MR) is 55.9 cm³/mol. The molecule has 1 aromatic rings. The molecule has 0 saturated heterocycles. The minimum atomic E-state index is -0.430. The maximum atomic E-state index is 10.7. The zero-order chi connectivity index (χ0) is 10.7. The molecule has 0 fully saturated rings. The zero-order valence-corrected chi connectivity index (χ0v) is 7.99. The second-order valence-corrected chi connectivity index (χ2v) is 3.07. The minimum absolute atomic E-state index is 0.0542. The van der Waals surface area contributed by atoms with Crippen LogP contribution in [0.5, 0.6) is 0 Å². The number of nitrogen functional groups attached to an aromatic ring is 2. The number of nitrogens with two attached hydrogens (primary N) is 2. The van der Waals surface area contributed by atoms with Gasteiger partial charge in [0, 0.05) is 6.07 Å². The van der Waals surface area contributed by atoms with Gasteiger partial charge in [0.25, 0.3) is 5.69 Å². The highest BCUT2D eigenvalue weighted by molar-refractivity contribution is 5.72. The molecule has 0 radical (unpaired) electrons. The second kappa shape index (κ2) is 3.95. The SMILES string of the molecule is CCCc1c([N+](=O)[O-])ccc(N)c1N. The Labute approximate surface area is 81.9 Å². The van der Waals surface area contributed by atoms with Crippen molar-refractivity contribution in [1.82, 2.24) is 0 Å². The molecule has 76 valence electrons. The van der Waals surface area contributed by atoms with Crippen molar-refractivity contribution in [3.8, 4) is 0 Å².